The fraction of sp³-hybridized carbons (Fsp3) is 0.727. The second-order valence-electron chi connectivity index (χ2n) is 4.34. The maximum Gasteiger partial charge on any atom is 0.0798 e. The van der Waals surface area contributed by atoms with E-state index in [0.29, 0.717) is 12.0 Å². The van der Waals surface area contributed by atoms with Crippen molar-refractivity contribution >= 4 is 11.3 Å². The first kappa shape index (κ1) is 11.0. The number of rotatable bonds is 3. The zero-order valence-electron chi connectivity index (χ0n) is 9.20. The molecule has 2 rings (SSSR count). The molecule has 1 saturated carbocycles. The van der Waals surface area contributed by atoms with E-state index in [1.165, 1.54) is 37.0 Å². The number of aromatic nitrogens is 1. The molecule has 0 saturated heterocycles. The molecule has 0 aromatic carbocycles. The van der Waals surface area contributed by atoms with Gasteiger partial charge in [-0.2, -0.15) is 0 Å². The predicted molar refractivity (Wildman–Crippen MR) is 63.5 cm³/mol. The lowest BCUT2D eigenvalue weighted by Crippen LogP contribution is -2.34. The summed E-state index contributed by atoms with van der Waals surface area (Å²) in [7, 11) is 0. The highest BCUT2D eigenvalue weighted by Crippen LogP contribution is 2.36. The Balaban J connectivity index is 2.12. The van der Waals surface area contributed by atoms with Crippen molar-refractivity contribution in [1.82, 2.24) is 10.4 Å². The van der Waals surface area contributed by atoms with Crippen molar-refractivity contribution < 1.29 is 0 Å². The van der Waals surface area contributed by atoms with Crippen molar-refractivity contribution in [2.45, 2.75) is 45.1 Å². The van der Waals surface area contributed by atoms with Crippen LogP contribution in [-0.2, 0) is 0 Å². The summed E-state index contributed by atoms with van der Waals surface area (Å²) in [6.07, 6.45) is 6.68. The molecule has 3 nitrogen and oxygen atoms in total. The Morgan fingerprint density at radius 3 is 2.73 bits per heavy atom. The van der Waals surface area contributed by atoms with Crippen molar-refractivity contribution in [3.8, 4) is 0 Å². The first-order valence-electron chi connectivity index (χ1n) is 5.69. The Morgan fingerprint density at radius 2 is 2.20 bits per heavy atom. The Hall–Kier alpha value is -0.450. The predicted octanol–water partition coefficient (Wildman–Crippen LogP) is 2.54. The van der Waals surface area contributed by atoms with Crippen LogP contribution in [-0.4, -0.2) is 4.98 Å². The van der Waals surface area contributed by atoms with Gasteiger partial charge in [-0.3, -0.25) is 11.3 Å². The molecule has 4 heteroatoms. The lowest BCUT2D eigenvalue weighted by molar-refractivity contribution is 0.275. The van der Waals surface area contributed by atoms with E-state index in [-0.39, 0.29) is 0 Å². The van der Waals surface area contributed by atoms with Crippen molar-refractivity contribution in [2.24, 2.45) is 11.8 Å². The smallest absolute Gasteiger partial charge is 0.0798 e. The summed E-state index contributed by atoms with van der Waals surface area (Å²) in [5.74, 6) is 6.39. The monoisotopic (exact) mass is 225 g/mol. The largest absolute Gasteiger partial charge is 0.271 e. The summed E-state index contributed by atoms with van der Waals surface area (Å²) < 4.78 is 0. The van der Waals surface area contributed by atoms with Crippen LogP contribution in [0.2, 0.25) is 0 Å². The van der Waals surface area contributed by atoms with Crippen LogP contribution in [0.4, 0.5) is 0 Å². The quantitative estimate of drug-likeness (QED) is 0.614. The molecule has 84 valence electrons. The third-order valence-electron chi connectivity index (χ3n) is 3.37. The minimum Gasteiger partial charge on any atom is -0.271 e. The second-order valence-corrected chi connectivity index (χ2v) is 5.23. The number of hydrogen-bond donors (Lipinski definition) is 2. The van der Waals surface area contributed by atoms with Gasteiger partial charge in [0.2, 0.25) is 0 Å². The van der Waals surface area contributed by atoms with E-state index >= 15 is 0 Å². The summed E-state index contributed by atoms with van der Waals surface area (Å²) in [6.45, 7) is 2.07. The summed E-state index contributed by atoms with van der Waals surface area (Å²) in [5, 5.41) is 0. The van der Waals surface area contributed by atoms with Gasteiger partial charge in [0.1, 0.15) is 0 Å². The Kier molecular flexibility index (Phi) is 3.72. The number of nitrogens with two attached hydrogens (primary N) is 1. The normalized spacial score (nSPS) is 20.4. The van der Waals surface area contributed by atoms with E-state index in [1.807, 2.05) is 5.51 Å². The molecule has 1 aromatic heterocycles. The lowest BCUT2D eigenvalue weighted by Gasteiger charge is -2.29. The number of nitrogens with one attached hydrogen (secondary N) is 1. The van der Waals surface area contributed by atoms with Gasteiger partial charge in [0, 0.05) is 4.88 Å². The fourth-order valence-corrected chi connectivity index (χ4v) is 3.46. The molecule has 15 heavy (non-hydrogen) atoms. The molecular formula is C11H19N3S. The van der Waals surface area contributed by atoms with E-state index in [1.54, 1.807) is 11.3 Å². The van der Waals surface area contributed by atoms with Crippen LogP contribution in [0.25, 0.3) is 0 Å². The van der Waals surface area contributed by atoms with Gasteiger partial charge in [-0.05, 0) is 25.7 Å². The van der Waals surface area contributed by atoms with E-state index in [4.69, 9.17) is 5.84 Å². The number of hydrogen-bond acceptors (Lipinski definition) is 4. The summed E-state index contributed by atoms with van der Waals surface area (Å²) in [4.78, 5) is 5.63. The minimum absolute atomic E-state index is 0.317. The van der Waals surface area contributed by atoms with Crippen LogP contribution < -0.4 is 11.3 Å². The molecule has 1 heterocycles. The third-order valence-corrected chi connectivity index (χ3v) is 4.38. The molecule has 3 N–H and O–H groups in total. The SMILES string of the molecule is Cc1ncsc1C(NN)C1CCCCC1. The van der Waals surface area contributed by atoms with Crippen molar-refractivity contribution in [3.05, 3.63) is 16.1 Å². The van der Waals surface area contributed by atoms with E-state index in [0.717, 1.165) is 5.69 Å². The number of thiazole rings is 1. The average Bonchev–Trinajstić information content (AvgIpc) is 2.68. The maximum absolute atomic E-state index is 5.69. The molecule has 1 fully saturated rings. The standard InChI is InChI=1S/C11H19N3S/c1-8-11(15-7-13-8)10(14-12)9-5-3-2-4-6-9/h7,9-10,14H,2-6,12H2,1H3. The number of nitrogens with zero attached hydrogens (tertiary/aromatic N) is 1. The number of hydrazine groups is 1. The molecule has 0 amide bonds. The summed E-state index contributed by atoms with van der Waals surface area (Å²) in [6, 6.07) is 0.317. The van der Waals surface area contributed by atoms with Gasteiger partial charge in [-0.25, -0.2) is 4.98 Å². The van der Waals surface area contributed by atoms with Gasteiger partial charge in [0.05, 0.1) is 17.2 Å². The Bertz CT molecular complexity index is 305. The van der Waals surface area contributed by atoms with Crippen LogP contribution in [0.5, 0.6) is 0 Å². The Labute approximate surface area is 95.1 Å². The van der Waals surface area contributed by atoms with Gasteiger partial charge in [-0.15, -0.1) is 11.3 Å². The molecule has 1 aromatic rings. The van der Waals surface area contributed by atoms with Gasteiger partial charge in [0.25, 0.3) is 0 Å². The highest BCUT2D eigenvalue weighted by atomic mass is 32.1. The lowest BCUT2D eigenvalue weighted by atomic mass is 9.83. The topological polar surface area (TPSA) is 50.9 Å². The van der Waals surface area contributed by atoms with E-state index in [9.17, 15) is 0 Å². The van der Waals surface area contributed by atoms with Crippen LogP contribution in [0.1, 0.15) is 48.7 Å². The fourth-order valence-electron chi connectivity index (χ4n) is 2.50. The summed E-state index contributed by atoms with van der Waals surface area (Å²) >= 11 is 1.72. The van der Waals surface area contributed by atoms with Gasteiger partial charge < -0.3 is 0 Å². The molecule has 0 bridgehead atoms. The van der Waals surface area contributed by atoms with Crippen molar-refractivity contribution in [1.29, 1.82) is 0 Å². The Morgan fingerprint density at radius 1 is 1.47 bits per heavy atom. The average molecular weight is 225 g/mol. The molecule has 1 atom stereocenters. The molecule has 0 radical (unpaired) electrons. The van der Waals surface area contributed by atoms with Crippen LogP contribution in [0.15, 0.2) is 5.51 Å². The molecule has 1 aliphatic rings. The molecule has 0 spiro atoms. The zero-order chi connectivity index (χ0) is 10.7. The van der Waals surface area contributed by atoms with E-state index in [2.05, 4.69) is 17.3 Å². The third kappa shape index (κ3) is 2.38. The number of aryl methyl sites for hydroxylation is 1. The van der Waals surface area contributed by atoms with Crippen LogP contribution >= 0.6 is 11.3 Å². The van der Waals surface area contributed by atoms with Gasteiger partial charge >= 0.3 is 0 Å². The van der Waals surface area contributed by atoms with Crippen LogP contribution in [0.3, 0.4) is 0 Å². The maximum atomic E-state index is 5.69. The second kappa shape index (κ2) is 5.05. The molecule has 0 aliphatic heterocycles. The van der Waals surface area contributed by atoms with Crippen molar-refractivity contribution in [3.63, 3.8) is 0 Å². The minimum atomic E-state index is 0.317. The highest BCUT2D eigenvalue weighted by Gasteiger charge is 2.26. The highest BCUT2D eigenvalue weighted by molar-refractivity contribution is 7.09. The first-order chi connectivity index (χ1) is 7.33. The van der Waals surface area contributed by atoms with E-state index < -0.39 is 0 Å². The molecular weight excluding hydrogens is 206 g/mol. The van der Waals surface area contributed by atoms with Crippen LogP contribution in [0, 0.1) is 12.8 Å². The van der Waals surface area contributed by atoms with Gasteiger partial charge in [-0.1, -0.05) is 19.3 Å². The zero-order valence-corrected chi connectivity index (χ0v) is 10.0. The van der Waals surface area contributed by atoms with Gasteiger partial charge in [0.15, 0.2) is 0 Å². The van der Waals surface area contributed by atoms with Crippen molar-refractivity contribution in [2.75, 3.05) is 0 Å². The molecule has 1 aliphatic carbocycles. The molecule has 1 unspecified atom stereocenters. The summed E-state index contributed by atoms with van der Waals surface area (Å²) in [5.41, 5.74) is 6.03. The first-order valence-corrected chi connectivity index (χ1v) is 6.57.